The van der Waals surface area contributed by atoms with Crippen LogP contribution in [-0.4, -0.2) is 22.4 Å². The molecule has 0 spiro atoms. The number of carbonyl (C=O) groups is 2. The second kappa shape index (κ2) is 9.48. The number of aryl methyl sites for hydroxylation is 2. The van der Waals surface area contributed by atoms with Crippen molar-refractivity contribution in [2.24, 2.45) is 5.10 Å². The number of non-ortho nitro benzene ring substituents is 1. The third-order valence-electron chi connectivity index (χ3n) is 5.57. The van der Waals surface area contributed by atoms with Gasteiger partial charge in [-0.2, -0.15) is 5.10 Å². The van der Waals surface area contributed by atoms with Crippen LogP contribution in [0.1, 0.15) is 56.2 Å². The summed E-state index contributed by atoms with van der Waals surface area (Å²) in [5.41, 5.74) is 5.74. The molecular formula is C24H21ClN4O5. The summed E-state index contributed by atoms with van der Waals surface area (Å²) in [4.78, 5) is 35.8. The van der Waals surface area contributed by atoms with Crippen molar-refractivity contribution in [1.29, 1.82) is 0 Å². The van der Waals surface area contributed by atoms with E-state index in [2.05, 4.69) is 15.8 Å². The summed E-state index contributed by atoms with van der Waals surface area (Å²) < 4.78 is 5.88. The van der Waals surface area contributed by atoms with Gasteiger partial charge in [0, 0.05) is 46.0 Å². The van der Waals surface area contributed by atoms with Crippen molar-refractivity contribution in [2.45, 2.75) is 33.1 Å². The van der Waals surface area contributed by atoms with Gasteiger partial charge in [-0.25, -0.2) is 5.43 Å². The number of fused-ring (bicyclic) bond motifs is 1. The van der Waals surface area contributed by atoms with Crippen molar-refractivity contribution in [3.63, 3.8) is 0 Å². The van der Waals surface area contributed by atoms with Crippen LogP contribution >= 0.6 is 11.6 Å². The number of amides is 2. The molecule has 0 unspecified atom stereocenters. The van der Waals surface area contributed by atoms with Gasteiger partial charge in [0.05, 0.1) is 10.6 Å². The van der Waals surface area contributed by atoms with Crippen LogP contribution in [0.5, 0.6) is 0 Å². The summed E-state index contributed by atoms with van der Waals surface area (Å²) in [5.74, 6) is -0.189. The number of anilines is 1. The minimum Gasteiger partial charge on any atom is -0.455 e. The molecule has 2 aromatic carbocycles. The van der Waals surface area contributed by atoms with E-state index in [4.69, 9.17) is 16.0 Å². The monoisotopic (exact) mass is 480 g/mol. The first-order chi connectivity index (χ1) is 16.2. The molecule has 0 radical (unpaired) electrons. The molecule has 0 aliphatic heterocycles. The van der Waals surface area contributed by atoms with Crippen LogP contribution in [0.25, 0.3) is 0 Å². The molecule has 0 fully saturated rings. The van der Waals surface area contributed by atoms with Crippen molar-refractivity contribution < 1.29 is 18.9 Å². The van der Waals surface area contributed by atoms with Gasteiger partial charge in [-0.3, -0.25) is 19.7 Å². The lowest BCUT2D eigenvalue weighted by Gasteiger charge is -2.13. The van der Waals surface area contributed by atoms with Gasteiger partial charge in [-0.15, -0.1) is 0 Å². The molecule has 34 heavy (non-hydrogen) atoms. The van der Waals surface area contributed by atoms with E-state index in [9.17, 15) is 19.7 Å². The molecule has 0 atom stereocenters. The number of benzene rings is 2. The Hall–Kier alpha value is -3.98. The van der Waals surface area contributed by atoms with E-state index < -0.39 is 16.7 Å². The van der Waals surface area contributed by atoms with E-state index in [1.165, 1.54) is 24.3 Å². The molecule has 3 aromatic rings. The fraction of sp³-hybridized carbons (Fsp3) is 0.208. The van der Waals surface area contributed by atoms with Crippen molar-refractivity contribution in [3.8, 4) is 0 Å². The molecule has 2 N–H and O–H groups in total. The van der Waals surface area contributed by atoms with Gasteiger partial charge in [-0.1, -0.05) is 23.7 Å². The topological polar surface area (TPSA) is 127 Å². The molecule has 0 saturated heterocycles. The number of furan rings is 1. The lowest BCUT2D eigenvalue weighted by molar-refractivity contribution is -0.384. The molecule has 0 saturated carbocycles. The number of hydrazone groups is 1. The van der Waals surface area contributed by atoms with Gasteiger partial charge >= 0.3 is 0 Å². The van der Waals surface area contributed by atoms with E-state index in [-0.39, 0.29) is 17.0 Å². The predicted octanol–water partition coefficient (Wildman–Crippen LogP) is 5.18. The molecule has 4 rings (SSSR count). The first kappa shape index (κ1) is 23.2. The van der Waals surface area contributed by atoms with Gasteiger partial charge in [0.1, 0.15) is 5.76 Å². The first-order valence-corrected chi connectivity index (χ1v) is 10.9. The molecule has 1 aromatic heterocycles. The summed E-state index contributed by atoms with van der Waals surface area (Å²) in [6.45, 7) is 3.64. The van der Waals surface area contributed by atoms with Gasteiger partial charge in [0.15, 0.2) is 5.76 Å². The van der Waals surface area contributed by atoms with E-state index in [1.807, 2.05) is 13.0 Å². The Morgan fingerprint density at radius 3 is 2.65 bits per heavy atom. The number of halogens is 1. The smallest absolute Gasteiger partial charge is 0.291 e. The zero-order valence-corrected chi connectivity index (χ0v) is 19.2. The van der Waals surface area contributed by atoms with Crippen molar-refractivity contribution >= 4 is 40.5 Å². The average Bonchev–Trinajstić information content (AvgIpc) is 3.17. The number of nitrogens with zero attached hydrogens (tertiary/aromatic N) is 2. The maximum absolute atomic E-state index is 12.9. The van der Waals surface area contributed by atoms with Gasteiger partial charge in [-0.05, 0) is 50.5 Å². The molecular weight excluding hydrogens is 460 g/mol. The third-order valence-corrected chi connectivity index (χ3v) is 5.98. The van der Waals surface area contributed by atoms with E-state index in [1.54, 1.807) is 19.1 Å². The number of rotatable bonds is 5. The molecule has 1 heterocycles. The Labute approximate surface area is 199 Å². The van der Waals surface area contributed by atoms with Gasteiger partial charge < -0.3 is 9.73 Å². The van der Waals surface area contributed by atoms with Crippen LogP contribution in [0.15, 0.2) is 52.0 Å². The highest BCUT2D eigenvalue weighted by Crippen LogP contribution is 2.30. The highest BCUT2D eigenvalue weighted by atomic mass is 35.5. The summed E-state index contributed by atoms with van der Waals surface area (Å²) in [7, 11) is 0. The predicted molar refractivity (Wildman–Crippen MR) is 128 cm³/mol. The second-order valence-electron chi connectivity index (χ2n) is 7.93. The van der Waals surface area contributed by atoms with E-state index >= 15 is 0 Å². The van der Waals surface area contributed by atoms with Gasteiger partial charge in [0.25, 0.3) is 17.5 Å². The fourth-order valence-electron chi connectivity index (χ4n) is 3.80. The Balaban J connectivity index is 1.56. The normalized spacial score (nSPS) is 13.9. The zero-order chi connectivity index (χ0) is 24.4. The standard InChI is InChI=1S/C24H21ClN4O5/c1-13-9-10-16(12-18(13)25)26-24(31)22-14(2)21-19(7-4-8-20(21)34-22)27-28-23(30)15-5-3-6-17(11-15)29(32)33/h3,5-6,9-12H,4,7-8H2,1-2H3,(H,26,31)(H,28,30)/b27-19+. The Bertz CT molecular complexity index is 1350. The van der Waals surface area contributed by atoms with Crippen molar-refractivity contribution in [3.05, 3.63) is 91.4 Å². The number of nitro groups is 1. The maximum Gasteiger partial charge on any atom is 0.291 e. The SMILES string of the molecule is Cc1ccc(NC(=O)c2oc3c(c2C)/C(=N/NC(=O)c2cccc([N+](=O)[O-])c2)CCC3)cc1Cl. The lowest BCUT2D eigenvalue weighted by Crippen LogP contribution is -2.22. The second-order valence-corrected chi connectivity index (χ2v) is 8.34. The van der Waals surface area contributed by atoms with E-state index in [0.29, 0.717) is 46.2 Å². The van der Waals surface area contributed by atoms with Gasteiger partial charge in [0.2, 0.25) is 0 Å². The Morgan fingerprint density at radius 2 is 1.91 bits per heavy atom. The molecule has 1 aliphatic carbocycles. The quantitative estimate of drug-likeness (QED) is 0.384. The first-order valence-electron chi connectivity index (χ1n) is 10.6. The fourth-order valence-corrected chi connectivity index (χ4v) is 3.98. The third kappa shape index (κ3) is 4.69. The van der Waals surface area contributed by atoms with Crippen LogP contribution in [0.3, 0.4) is 0 Å². The number of hydrogen-bond acceptors (Lipinski definition) is 6. The van der Waals surface area contributed by atoms with Crippen molar-refractivity contribution in [1.82, 2.24) is 5.43 Å². The molecule has 1 aliphatic rings. The largest absolute Gasteiger partial charge is 0.455 e. The minimum absolute atomic E-state index is 0.121. The minimum atomic E-state index is -0.571. The molecule has 174 valence electrons. The highest BCUT2D eigenvalue weighted by Gasteiger charge is 2.28. The Morgan fingerprint density at radius 1 is 1.12 bits per heavy atom. The number of nitro benzene ring substituents is 1. The summed E-state index contributed by atoms with van der Waals surface area (Å²) in [6.07, 6.45) is 1.95. The van der Waals surface area contributed by atoms with Crippen LogP contribution in [-0.2, 0) is 6.42 Å². The van der Waals surface area contributed by atoms with Crippen LogP contribution in [0, 0.1) is 24.0 Å². The zero-order valence-electron chi connectivity index (χ0n) is 18.5. The number of hydrogen-bond donors (Lipinski definition) is 2. The molecule has 9 nitrogen and oxygen atoms in total. The summed E-state index contributed by atoms with van der Waals surface area (Å²) in [5, 5.41) is 18.5. The van der Waals surface area contributed by atoms with Crippen LogP contribution in [0.4, 0.5) is 11.4 Å². The average molecular weight is 481 g/mol. The molecule has 2 amide bonds. The van der Waals surface area contributed by atoms with Crippen molar-refractivity contribution in [2.75, 3.05) is 5.32 Å². The molecule has 10 heteroatoms. The maximum atomic E-state index is 12.9. The highest BCUT2D eigenvalue weighted by molar-refractivity contribution is 6.31. The van der Waals surface area contributed by atoms with E-state index in [0.717, 1.165) is 12.0 Å². The number of nitrogens with one attached hydrogen (secondary N) is 2. The molecule has 0 bridgehead atoms. The lowest BCUT2D eigenvalue weighted by atomic mass is 9.93. The number of carbonyl (C=O) groups excluding carboxylic acids is 2. The van der Waals surface area contributed by atoms with Crippen LogP contribution < -0.4 is 10.7 Å². The van der Waals surface area contributed by atoms with Crippen LogP contribution in [0.2, 0.25) is 5.02 Å². The Kier molecular flexibility index (Phi) is 6.47. The summed E-state index contributed by atoms with van der Waals surface area (Å²) in [6, 6.07) is 10.6. The summed E-state index contributed by atoms with van der Waals surface area (Å²) >= 11 is 6.15.